The van der Waals surface area contributed by atoms with E-state index in [-0.39, 0.29) is 37.5 Å². The lowest BCUT2D eigenvalue weighted by atomic mass is 10.1. The van der Waals surface area contributed by atoms with Crippen molar-refractivity contribution in [3.63, 3.8) is 0 Å². The number of esters is 3. The molecule has 0 aromatic rings. The molecule has 0 spiro atoms. The minimum atomic E-state index is -0.802. The third-order valence-corrected chi connectivity index (χ3v) is 10.9. The van der Waals surface area contributed by atoms with Crippen molar-refractivity contribution in [3.05, 3.63) is 72.9 Å². The van der Waals surface area contributed by atoms with Crippen molar-refractivity contribution in [1.82, 2.24) is 0 Å². The van der Waals surface area contributed by atoms with E-state index in [0.29, 0.717) is 19.3 Å². The normalized spacial score (nSPS) is 12.6. The van der Waals surface area contributed by atoms with Crippen molar-refractivity contribution in [2.45, 2.75) is 252 Å². The maximum atomic E-state index is 12.8. The molecular weight excluding hydrogens is 769 g/mol. The van der Waals surface area contributed by atoms with Crippen LogP contribution in [0.25, 0.3) is 0 Å². The molecule has 62 heavy (non-hydrogen) atoms. The maximum absolute atomic E-state index is 12.8. The number of hydrogen-bond acceptors (Lipinski definition) is 6. The molecule has 0 fully saturated rings. The van der Waals surface area contributed by atoms with E-state index in [0.717, 1.165) is 89.9 Å². The number of unbranched alkanes of at least 4 members (excludes halogenated alkanes) is 23. The molecule has 0 bridgehead atoms. The summed E-state index contributed by atoms with van der Waals surface area (Å²) in [5.41, 5.74) is 0. The van der Waals surface area contributed by atoms with E-state index >= 15 is 0 Å². The maximum Gasteiger partial charge on any atom is 0.306 e. The van der Waals surface area contributed by atoms with Crippen LogP contribution in [0.15, 0.2) is 72.9 Å². The van der Waals surface area contributed by atoms with Crippen LogP contribution in [0.2, 0.25) is 0 Å². The molecular formula is C56H96O6. The Morgan fingerprint density at radius 1 is 0.339 bits per heavy atom. The third kappa shape index (κ3) is 47.9. The summed E-state index contributed by atoms with van der Waals surface area (Å²) in [5, 5.41) is 0. The molecule has 0 radical (unpaired) electrons. The first-order chi connectivity index (χ1) is 30.5. The highest BCUT2D eigenvalue weighted by molar-refractivity contribution is 5.71. The standard InChI is InChI=1S/C56H96O6/c1-4-7-10-13-16-19-22-25-27-28-30-31-34-37-40-43-46-49-55(58)61-52-53(51-60-54(57)48-45-42-39-36-33-24-21-18-15-12-9-6-3)62-56(59)50-47-44-41-38-35-32-29-26-23-20-17-14-11-8-5-2/h9,12,18,20-21,23,25,27,30-31,37,40,53H,4-8,10-11,13-17,19,22,24,26,28-29,32-36,38-39,41-52H2,1-3H3/b12-9-,21-18-,23-20-,27-25-,31-30-,40-37-. The molecule has 1 unspecified atom stereocenters. The fraction of sp³-hybridized carbons (Fsp3) is 0.732. The van der Waals surface area contributed by atoms with Crippen molar-refractivity contribution in [2.24, 2.45) is 0 Å². The first kappa shape index (κ1) is 58.9. The highest BCUT2D eigenvalue weighted by Gasteiger charge is 2.19. The second-order valence-electron chi connectivity index (χ2n) is 17.0. The molecule has 0 N–H and O–H groups in total. The Morgan fingerprint density at radius 2 is 0.645 bits per heavy atom. The van der Waals surface area contributed by atoms with E-state index in [9.17, 15) is 14.4 Å². The summed E-state index contributed by atoms with van der Waals surface area (Å²) in [6.45, 7) is 6.45. The van der Waals surface area contributed by atoms with Gasteiger partial charge in [-0.15, -0.1) is 0 Å². The van der Waals surface area contributed by atoms with E-state index in [4.69, 9.17) is 14.2 Å². The van der Waals surface area contributed by atoms with Crippen LogP contribution < -0.4 is 0 Å². The van der Waals surface area contributed by atoms with Gasteiger partial charge < -0.3 is 14.2 Å². The Labute approximate surface area is 382 Å². The number of carbonyl (C=O) groups is 3. The Kier molecular flexibility index (Phi) is 47.9. The molecule has 0 aromatic heterocycles. The highest BCUT2D eigenvalue weighted by atomic mass is 16.6. The van der Waals surface area contributed by atoms with E-state index in [2.05, 4.69) is 93.7 Å². The van der Waals surface area contributed by atoms with Gasteiger partial charge in [-0.1, -0.05) is 196 Å². The minimum absolute atomic E-state index is 0.100. The largest absolute Gasteiger partial charge is 0.462 e. The lowest BCUT2D eigenvalue weighted by molar-refractivity contribution is -0.167. The molecule has 0 saturated heterocycles. The predicted molar refractivity (Wildman–Crippen MR) is 265 cm³/mol. The summed E-state index contributed by atoms with van der Waals surface area (Å²) in [6, 6.07) is 0. The van der Waals surface area contributed by atoms with Crippen LogP contribution in [0.3, 0.4) is 0 Å². The van der Waals surface area contributed by atoms with E-state index in [1.165, 1.54) is 109 Å². The second-order valence-corrected chi connectivity index (χ2v) is 17.0. The van der Waals surface area contributed by atoms with Crippen LogP contribution in [0.5, 0.6) is 0 Å². The van der Waals surface area contributed by atoms with Crippen molar-refractivity contribution >= 4 is 17.9 Å². The molecule has 6 heteroatoms. The average molecular weight is 865 g/mol. The van der Waals surface area contributed by atoms with Gasteiger partial charge in [0.2, 0.25) is 0 Å². The Balaban J connectivity index is 4.47. The zero-order valence-corrected chi connectivity index (χ0v) is 40.6. The van der Waals surface area contributed by atoms with E-state index in [1.807, 2.05) is 0 Å². The number of ether oxygens (including phenoxy) is 3. The van der Waals surface area contributed by atoms with E-state index in [1.54, 1.807) is 0 Å². The van der Waals surface area contributed by atoms with Crippen LogP contribution in [-0.2, 0) is 28.6 Å². The SMILES string of the molecule is CC/C=C\C/C=C\CCCCCCCC(=O)OCC(COC(=O)CCC/C=C\C/C=C\C/C=C\CCCCCCCC)OC(=O)CCCCCCCCC/C=C\CCCCCC. The predicted octanol–water partition coefficient (Wildman–Crippen LogP) is 17.0. The Bertz CT molecular complexity index is 1180. The molecule has 0 aliphatic rings. The quantitative estimate of drug-likeness (QED) is 0.0262. The number of carbonyl (C=O) groups excluding carboxylic acids is 3. The van der Waals surface area contributed by atoms with Gasteiger partial charge in [-0.2, -0.15) is 0 Å². The van der Waals surface area contributed by atoms with Gasteiger partial charge in [-0.3, -0.25) is 14.4 Å². The summed E-state index contributed by atoms with van der Waals surface area (Å²) < 4.78 is 16.7. The lowest BCUT2D eigenvalue weighted by Crippen LogP contribution is -2.30. The van der Waals surface area contributed by atoms with Gasteiger partial charge in [0.1, 0.15) is 13.2 Å². The van der Waals surface area contributed by atoms with Gasteiger partial charge in [0, 0.05) is 19.3 Å². The molecule has 356 valence electrons. The highest BCUT2D eigenvalue weighted by Crippen LogP contribution is 2.14. The zero-order valence-electron chi connectivity index (χ0n) is 40.6. The van der Waals surface area contributed by atoms with Crippen molar-refractivity contribution < 1.29 is 28.6 Å². The monoisotopic (exact) mass is 865 g/mol. The van der Waals surface area contributed by atoms with Crippen LogP contribution in [0, 0.1) is 0 Å². The van der Waals surface area contributed by atoms with Gasteiger partial charge >= 0.3 is 17.9 Å². The third-order valence-electron chi connectivity index (χ3n) is 10.9. The molecule has 0 saturated carbocycles. The van der Waals surface area contributed by atoms with Crippen LogP contribution in [0.1, 0.15) is 245 Å². The number of allylic oxidation sites excluding steroid dienone is 12. The van der Waals surface area contributed by atoms with Crippen molar-refractivity contribution in [2.75, 3.05) is 13.2 Å². The lowest BCUT2D eigenvalue weighted by Gasteiger charge is -2.18. The molecule has 6 nitrogen and oxygen atoms in total. The van der Waals surface area contributed by atoms with Gasteiger partial charge in [-0.25, -0.2) is 0 Å². The van der Waals surface area contributed by atoms with Crippen molar-refractivity contribution in [1.29, 1.82) is 0 Å². The Hall–Kier alpha value is -3.15. The summed E-state index contributed by atoms with van der Waals surface area (Å²) in [7, 11) is 0. The summed E-state index contributed by atoms with van der Waals surface area (Å²) >= 11 is 0. The molecule has 0 amide bonds. The smallest absolute Gasteiger partial charge is 0.306 e. The summed E-state index contributed by atoms with van der Waals surface area (Å²) in [4.78, 5) is 37.9. The average Bonchev–Trinajstić information content (AvgIpc) is 3.27. The first-order valence-electron chi connectivity index (χ1n) is 25.9. The number of rotatable bonds is 46. The molecule has 0 aliphatic heterocycles. The van der Waals surface area contributed by atoms with Gasteiger partial charge in [0.25, 0.3) is 0 Å². The molecule has 0 aliphatic carbocycles. The molecule has 0 rings (SSSR count). The first-order valence-corrected chi connectivity index (χ1v) is 25.9. The van der Waals surface area contributed by atoms with Crippen LogP contribution in [-0.4, -0.2) is 37.2 Å². The summed E-state index contributed by atoms with van der Waals surface area (Å²) in [5.74, 6) is -0.972. The van der Waals surface area contributed by atoms with Crippen molar-refractivity contribution in [3.8, 4) is 0 Å². The summed E-state index contributed by atoms with van der Waals surface area (Å²) in [6.07, 6.45) is 63.2. The van der Waals surface area contributed by atoms with Gasteiger partial charge in [0.05, 0.1) is 0 Å². The van der Waals surface area contributed by atoms with Crippen LogP contribution in [0.4, 0.5) is 0 Å². The van der Waals surface area contributed by atoms with Gasteiger partial charge in [0.15, 0.2) is 6.10 Å². The molecule has 0 heterocycles. The molecule has 1 atom stereocenters. The van der Waals surface area contributed by atoms with Crippen LogP contribution >= 0.6 is 0 Å². The zero-order chi connectivity index (χ0) is 45.1. The second kappa shape index (κ2) is 50.5. The fourth-order valence-corrected chi connectivity index (χ4v) is 7.02. The topological polar surface area (TPSA) is 78.9 Å². The minimum Gasteiger partial charge on any atom is -0.462 e. The van der Waals surface area contributed by atoms with E-state index < -0.39 is 6.10 Å². The molecule has 0 aromatic carbocycles. The number of hydrogen-bond donors (Lipinski definition) is 0. The van der Waals surface area contributed by atoms with Gasteiger partial charge in [-0.05, 0) is 103 Å². The fourth-order valence-electron chi connectivity index (χ4n) is 7.02. The Morgan fingerprint density at radius 3 is 1.08 bits per heavy atom.